The van der Waals surface area contributed by atoms with Crippen molar-refractivity contribution in [3.8, 4) is 0 Å². The second kappa shape index (κ2) is 25.0. The lowest BCUT2D eigenvalue weighted by atomic mass is 9.33. The summed E-state index contributed by atoms with van der Waals surface area (Å²) < 4.78 is 80.7. The van der Waals surface area contributed by atoms with E-state index in [0.29, 0.717) is 12.3 Å². The maximum Gasteiger partial charge on any atom is 0.313 e. The Morgan fingerprint density at radius 1 is 0.562 bits per heavy atom. The quantitative estimate of drug-likeness (QED) is 0.0862. The number of hydrogen-bond donors (Lipinski definition) is 0. The summed E-state index contributed by atoms with van der Waals surface area (Å²) in [7, 11) is 0. The largest absolute Gasteiger partial charge is 0.463 e. The van der Waals surface area contributed by atoms with E-state index in [0.717, 1.165) is 96.6 Å². The Morgan fingerprint density at radius 2 is 1.11 bits per heavy atom. The number of carbonyl (C=O) groups excluding carboxylic acids is 7. The van der Waals surface area contributed by atoms with E-state index in [9.17, 15) is 28.8 Å². The van der Waals surface area contributed by atoms with Crippen LogP contribution in [0.4, 0.5) is 0 Å². The Hall–Kier alpha value is -5.77. The number of fused-ring (bicyclic) bond motifs is 8. The molecule has 89 heavy (non-hydrogen) atoms. The minimum atomic E-state index is -1.80. The van der Waals surface area contributed by atoms with Crippen molar-refractivity contribution in [3.05, 3.63) is 83.4 Å². The number of ether oxygens (including phenoxy) is 13. The first-order valence-corrected chi connectivity index (χ1v) is 31.8. The van der Waals surface area contributed by atoms with Gasteiger partial charge in [-0.2, -0.15) is 0 Å². The van der Waals surface area contributed by atoms with Gasteiger partial charge in [0, 0.05) is 48.5 Å². The lowest BCUT2D eigenvalue weighted by Gasteiger charge is -2.71. The summed E-state index contributed by atoms with van der Waals surface area (Å²) in [5.74, 6) is -6.05. The molecule has 0 aromatic heterocycles. The van der Waals surface area contributed by atoms with Crippen LogP contribution in [0.1, 0.15) is 178 Å². The molecule has 19 atom stereocenters. The van der Waals surface area contributed by atoms with Crippen molar-refractivity contribution in [1.82, 2.24) is 0 Å². The molecule has 2 aromatic rings. The highest BCUT2D eigenvalue weighted by molar-refractivity contribution is 5.79. The van der Waals surface area contributed by atoms with Gasteiger partial charge < -0.3 is 56.8 Å². The molecule has 7 fully saturated rings. The van der Waals surface area contributed by atoms with Crippen molar-refractivity contribution >= 4 is 41.8 Å². The maximum atomic E-state index is 15.4. The Morgan fingerprint density at radius 3 is 1.70 bits per heavy atom. The second-order valence-electron chi connectivity index (χ2n) is 28.6. The van der Waals surface area contributed by atoms with Crippen LogP contribution >= 0.6 is 0 Å². The molecule has 8 aliphatic rings. The zero-order valence-electron chi connectivity index (χ0n) is 54.2. The number of hydrogen-bond acceptors (Lipinski definition) is 20. The van der Waals surface area contributed by atoms with Crippen molar-refractivity contribution in [2.75, 3.05) is 13.2 Å². The second-order valence-corrected chi connectivity index (χ2v) is 28.6. The van der Waals surface area contributed by atoms with Crippen LogP contribution in [0.5, 0.6) is 0 Å². The van der Waals surface area contributed by atoms with Crippen molar-refractivity contribution in [3.63, 3.8) is 0 Å². The molecule has 3 heterocycles. The number of benzene rings is 2. The summed E-state index contributed by atoms with van der Waals surface area (Å²) >= 11 is 0. The fourth-order valence-corrected chi connectivity index (χ4v) is 17.8. The molecule has 0 spiro atoms. The van der Waals surface area contributed by atoms with Crippen LogP contribution in [0.3, 0.4) is 0 Å². The first-order valence-electron chi connectivity index (χ1n) is 31.8. The summed E-state index contributed by atoms with van der Waals surface area (Å²) in [6, 6.07) is 20.2. The topological polar surface area (TPSA) is 239 Å². The summed E-state index contributed by atoms with van der Waals surface area (Å²) in [5.41, 5.74) is 1.94. The Balaban J connectivity index is 0.904. The maximum absolute atomic E-state index is 15.4. The molecule has 1 unspecified atom stereocenters. The fourth-order valence-electron chi connectivity index (χ4n) is 17.8. The molecule has 3 saturated heterocycles. The third-order valence-electron chi connectivity index (χ3n) is 22.0. The van der Waals surface area contributed by atoms with E-state index >= 15 is 4.79 Å². The highest BCUT2D eigenvalue weighted by atomic mass is 16.9. The molecule has 10 rings (SSSR count). The number of allylic oxidation sites excluding steroid dienone is 2. The van der Waals surface area contributed by atoms with Gasteiger partial charge >= 0.3 is 41.8 Å². The van der Waals surface area contributed by atoms with Crippen molar-refractivity contribution in [1.29, 1.82) is 0 Å². The van der Waals surface area contributed by atoms with Crippen molar-refractivity contribution < 1.29 is 95.1 Å². The third kappa shape index (κ3) is 12.7. The monoisotopic (exact) mass is 1240 g/mol. The van der Waals surface area contributed by atoms with Gasteiger partial charge in [-0.1, -0.05) is 121 Å². The first-order chi connectivity index (χ1) is 41.8. The summed E-state index contributed by atoms with van der Waals surface area (Å²) in [6.07, 6.45) is -4.39. The normalized spacial score (nSPS) is 39.1. The van der Waals surface area contributed by atoms with Crippen LogP contribution in [0.15, 0.2) is 72.3 Å². The predicted molar refractivity (Wildman–Crippen MR) is 317 cm³/mol. The minimum absolute atomic E-state index is 0.0399. The Kier molecular flexibility index (Phi) is 18.6. The van der Waals surface area contributed by atoms with Crippen LogP contribution in [0.2, 0.25) is 0 Å². The lowest BCUT2D eigenvalue weighted by molar-refractivity contribution is -0.379. The highest BCUT2D eigenvalue weighted by Gasteiger charge is 2.71. The third-order valence-corrected chi connectivity index (χ3v) is 22.0. The van der Waals surface area contributed by atoms with Crippen LogP contribution in [-0.4, -0.2) is 128 Å². The van der Waals surface area contributed by atoms with E-state index in [4.69, 9.17) is 61.6 Å². The van der Waals surface area contributed by atoms with Crippen LogP contribution < -0.4 is 0 Å². The standard InChI is InChI=1S/C69H92O20/c1-38(70)77-36-48-54(79-40(3)72)56(80-41(4)73)58(82-43(6)75)60(83-48)85-55-49(37-78-39(2)71)84-61-59(57(55)81-42(5)74)88-68(14,89-61)87-52-28-29-65(11)50(64(52,9)10)27-30-67(13)51(65)26-25-46-47-35-63(7,8)31-33-69(47,34-32-66(46,67)12)62(76)86-53(44-21-17-15-18-22-44)45-23-19-16-20-24-45/h15-25,47-61H,26-37H2,1-14H3/t47-,48+,49+,50-,51+,52-,54+,55+,56-,57-,58+,59+,60-,61+,65-,66+,67+,68?,69-/m0/s1. The highest BCUT2D eigenvalue weighted by Crippen LogP contribution is 2.76. The van der Waals surface area contributed by atoms with Gasteiger partial charge in [0.05, 0.1) is 11.5 Å². The van der Waals surface area contributed by atoms with E-state index in [2.05, 4.69) is 54.5 Å². The first kappa shape index (κ1) is 66.2. The van der Waals surface area contributed by atoms with Gasteiger partial charge in [0.15, 0.2) is 49.2 Å². The molecule has 2 aromatic carbocycles. The lowest BCUT2D eigenvalue weighted by Crippen LogP contribution is -2.66. The molecule has 488 valence electrons. The Bertz CT molecular complexity index is 2980. The van der Waals surface area contributed by atoms with E-state index in [1.165, 1.54) is 19.4 Å². The van der Waals surface area contributed by atoms with E-state index in [1.54, 1.807) is 6.92 Å². The van der Waals surface area contributed by atoms with Gasteiger partial charge in [0.1, 0.15) is 31.5 Å². The molecular weight excluding hydrogens is 1150 g/mol. The van der Waals surface area contributed by atoms with Crippen LogP contribution in [0.25, 0.3) is 0 Å². The van der Waals surface area contributed by atoms with E-state index < -0.39 is 139 Å². The van der Waals surface area contributed by atoms with Gasteiger partial charge in [0.2, 0.25) is 0 Å². The zero-order chi connectivity index (χ0) is 64.4. The molecule has 0 amide bonds. The summed E-state index contributed by atoms with van der Waals surface area (Å²) in [4.78, 5) is 91.3. The summed E-state index contributed by atoms with van der Waals surface area (Å²) in [6.45, 7) is 24.3. The van der Waals surface area contributed by atoms with Crippen LogP contribution in [-0.2, 0) is 95.1 Å². The average Bonchev–Trinajstić information content (AvgIpc) is 1.03. The number of rotatable bonds is 16. The molecule has 20 nitrogen and oxygen atoms in total. The molecular formula is C69H92O20. The summed E-state index contributed by atoms with van der Waals surface area (Å²) in [5, 5.41) is 0. The average molecular weight is 1240 g/mol. The Labute approximate surface area is 522 Å². The molecule has 0 N–H and O–H groups in total. The van der Waals surface area contributed by atoms with Gasteiger partial charge in [-0.25, -0.2) is 0 Å². The molecule has 0 radical (unpaired) electrons. The number of esters is 7. The SMILES string of the molecule is CC(=O)OC[C@H]1O[C@@H](O[C@H]2[C@H](OC(C)=O)[C@H]3OC(C)(O[C@H]4CC[C@]5(C)[C@H]6CC=C7[C@@H]8CC(C)(C)CC[C@]8(C(=O)OC(c8ccccc8)c8ccccc8)CC[C@@]7(C)[C@]6(C)CC[C@H]5C4(C)C)O[C@H]3O[C@@H]2COC(C)=O)[C@H](OC(C)=O)[C@@H](OC(C)=O)[C@@H]1OC(C)=O. The molecule has 5 aliphatic carbocycles. The molecule has 3 aliphatic heterocycles. The predicted octanol–water partition coefficient (Wildman–Crippen LogP) is 10.3. The zero-order valence-corrected chi connectivity index (χ0v) is 54.2. The van der Waals surface area contributed by atoms with Crippen molar-refractivity contribution in [2.45, 2.75) is 241 Å². The smallest absolute Gasteiger partial charge is 0.313 e. The van der Waals surface area contributed by atoms with E-state index in [1.807, 2.05) is 60.7 Å². The molecule has 4 saturated carbocycles. The minimum Gasteiger partial charge on any atom is -0.463 e. The van der Waals surface area contributed by atoms with Gasteiger partial charge in [-0.3, -0.25) is 38.3 Å². The van der Waals surface area contributed by atoms with Crippen LogP contribution in [0, 0.1) is 50.2 Å². The fraction of sp³-hybridized carbons (Fsp3) is 0.696. The van der Waals surface area contributed by atoms with Gasteiger partial charge in [-0.05, 0) is 120 Å². The van der Waals surface area contributed by atoms with E-state index in [-0.39, 0.29) is 39.5 Å². The van der Waals surface area contributed by atoms with Gasteiger partial charge in [0.25, 0.3) is 5.97 Å². The molecule has 0 bridgehead atoms. The van der Waals surface area contributed by atoms with Crippen molar-refractivity contribution in [2.24, 2.45) is 50.2 Å². The number of carbonyl (C=O) groups is 7. The molecule has 20 heteroatoms. The van der Waals surface area contributed by atoms with Gasteiger partial charge in [-0.15, -0.1) is 0 Å².